The van der Waals surface area contributed by atoms with Gasteiger partial charge in [0.1, 0.15) is 0 Å². The fourth-order valence-electron chi connectivity index (χ4n) is 1.95. The molecule has 0 atom stereocenters. The summed E-state index contributed by atoms with van der Waals surface area (Å²) in [4.78, 5) is 14.1. The van der Waals surface area contributed by atoms with E-state index in [0.29, 0.717) is 38.3 Å². The lowest BCUT2D eigenvalue weighted by molar-refractivity contribution is -0.131. The third-order valence-corrected chi connectivity index (χ3v) is 3.13. The van der Waals surface area contributed by atoms with Gasteiger partial charge < -0.3 is 14.4 Å². The fourth-order valence-corrected chi connectivity index (χ4v) is 1.95. The number of carbonyl (C=O) groups is 1. The first kappa shape index (κ1) is 17.2. The Morgan fingerprint density at radius 3 is 2.38 bits per heavy atom. The van der Waals surface area contributed by atoms with Crippen molar-refractivity contribution in [1.82, 2.24) is 4.90 Å². The van der Waals surface area contributed by atoms with Crippen molar-refractivity contribution in [3.05, 3.63) is 35.4 Å². The average Bonchev–Trinajstić information content (AvgIpc) is 2.51. The topological polar surface area (TPSA) is 62.6 Å². The second-order valence-corrected chi connectivity index (χ2v) is 4.71. The van der Waals surface area contributed by atoms with Gasteiger partial charge in [0, 0.05) is 33.9 Å². The minimum Gasteiger partial charge on any atom is -0.385 e. The number of benzene rings is 1. The van der Waals surface area contributed by atoms with E-state index in [1.165, 1.54) is 0 Å². The van der Waals surface area contributed by atoms with Crippen molar-refractivity contribution in [2.45, 2.75) is 12.8 Å². The lowest BCUT2D eigenvalue weighted by atomic mass is 10.1. The Morgan fingerprint density at radius 2 is 1.81 bits per heavy atom. The zero-order valence-electron chi connectivity index (χ0n) is 12.7. The van der Waals surface area contributed by atoms with Crippen LogP contribution in [0.4, 0.5) is 0 Å². The second kappa shape index (κ2) is 9.92. The molecule has 0 aliphatic carbocycles. The molecule has 1 aromatic carbocycles. The third-order valence-electron chi connectivity index (χ3n) is 3.13. The van der Waals surface area contributed by atoms with Gasteiger partial charge in [-0.3, -0.25) is 4.79 Å². The second-order valence-electron chi connectivity index (χ2n) is 4.71. The van der Waals surface area contributed by atoms with Crippen LogP contribution in [0.2, 0.25) is 0 Å². The predicted octanol–water partition coefficient (Wildman–Crippen LogP) is 1.61. The highest BCUT2D eigenvalue weighted by molar-refractivity contribution is 5.78. The standard InChI is InChI=1S/C16H22N2O3/c1-20-10-3-8-18(9-11-21-2)16(19)12-14-4-6-15(13-17)7-5-14/h4-7H,3,8-12H2,1-2H3. The van der Waals surface area contributed by atoms with Crippen LogP contribution in [0.25, 0.3) is 0 Å². The zero-order valence-corrected chi connectivity index (χ0v) is 12.7. The van der Waals surface area contributed by atoms with Gasteiger partial charge in [-0.1, -0.05) is 12.1 Å². The summed E-state index contributed by atoms with van der Waals surface area (Å²) >= 11 is 0. The summed E-state index contributed by atoms with van der Waals surface area (Å²) in [6, 6.07) is 9.16. The van der Waals surface area contributed by atoms with Crippen LogP contribution in [0.3, 0.4) is 0 Å². The average molecular weight is 290 g/mol. The summed E-state index contributed by atoms with van der Waals surface area (Å²) in [5.41, 5.74) is 1.51. The Balaban J connectivity index is 2.58. The van der Waals surface area contributed by atoms with E-state index in [2.05, 4.69) is 6.07 Å². The van der Waals surface area contributed by atoms with Crippen LogP contribution >= 0.6 is 0 Å². The number of amides is 1. The Bertz CT molecular complexity index is 465. The Morgan fingerprint density at radius 1 is 1.14 bits per heavy atom. The van der Waals surface area contributed by atoms with Crippen molar-refractivity contribution < 1.29 is 14.3 Å². The van der Waals surface area contributed by atoms with Gasteiger partial charge in [-0.2, -0.15) is 5.26 Å². The number of ether oxygens (including phenoxy) is 2. The number of rotatable bonds is 9. The van der Waals surface area contributed by atoms with Crippen molar-refractivity contribution in [2.24, 2.45) is 0 Å². The molecular formula is C16H22N2O3. The van der Waals surface area contributed by atoms with Crippen LogP contribution in [0.5, 0.6) is 0 Å². The van der Waals surface area contributed by atoms with Crippen molar-refractivity contribution in [2.75, 3.05) is 40.5 Å². The van der Waals surface area contributed by atoms with Gasteiger partial charge in [0.15, 0.2) is 0 Å². The van der Waals surface area contributed by atoms with Gasteiger partial charge in [-0.25, -0.2) is 0 Å². The smallest absolute Gasteiger partial charge is 0.227 e. The van der Waals surface area contributed by atoms with E-state index in [9.17, 15) is 4.79 Å². The molecule has 0 saturated carbocycles. The molecule has 0 unspecified atom stereocenters. The first-order valence-electron chi connectivity index (χ1n) is 6.96. The van der Waals surface area contributed by atoms with Gasteiger partial charge in [0.05, 0.1) is 24.7 Å². The van der Waals surface area contributed by atoms with Gasteiger partial charge >= 0.3 is 0 Å². The monoisotopic (exact) mass is 290 g/mol. The normalized spacial score (nSPS) is 10.1. The third kappa shape index (κ3) is 6.39. The quantitative estimate of drug-likeness (QED) is 0.648. The maximum atomic E-state index is 12.3. The van der Waals surface area contributed by atoms with Crippen LogP contribution in [0.15, 0.2) is 24.3 Å². The molecule has 0 bridgehead atoms. The van der Waals surface area contributed by atoms with E-state index in [0.717, 1.165) is 12.0 Å². The van der Waals surface area contributed by atoms with E-state index in [1.54, 1.807) is 31.3 Å². The molecule has 114 valence electrons. The molecule has 1 aromatic rings. The van der Waals surface area contributed by atoms with Gasteiger partial charge in [-0.15, -0.1) is 0 Å². The molecule has 0 spiro atoms. The first-order valence-corrected chi connectivity index (χ1v) is 6.96. The largest absolute Gasteiger partial charge is 0.385 e. The summed E-state index contributed by atoms with van der Waals surface area (Å²) in [7, 11) is 3.27. The van der Waals surface area contributed by atoms with Gasteiger partial charge in [-0.05, 0) is 24.1 Å². The van der Waals surface area contributed by atoms with Crippen molar-refractivity contribution in [3.63, 3.8) is 0 Å². The molecule has 0 fully saturated rings. The molecular weight excluding hydrogens is 268 g/mol. The van der Waals surface area contributed by atoms with E-state index >= 15 is 0 Å². The van der Waals surface area contributed by atoms with E-state index in [-0.39, 0.29) is 5.91 Å². The number of nitrogens with zero attached hydrogens (tertiary/aromatic N) is 2. The number of carbonyl (C=O) groups excluding carboxylic acids is 1. The maximum absolute atomic E-state index is 12.3. The fraction of sp³-hybridized carbons (Fsp3) is 0.500. The summed E-state index contributed by atoms with van der Waals surface area (Å²) in [6.07, 6.45) is 1.14. The molecule has 21 heavy (non-hydrogen) atoms. The Kier molecular flexibility index (Phi) is 8.10. The molecule has 1 amide bonds. The van der Waals surface area contributed by atoms with Crippen LogP contribution in [-0.4, -0.2) is 51.3 Å². The molecule has 0 aromatic heterocycles. The first-order chi connectivity index (χ1) is 10.2. The van der Waals surface area contributed by atoms with E-state index < -0.39 is 0 Å². The number of hydrogen-bond acceptors (Lipinski definition) is 4. The van der Waals surface area contributed by atoms with Crippen LogP contribution in [-0.2, 0) is 20.7 Å². The molecule has 0 radical (unpaired) electrons. The summed E-state index contributed by atoms with van der Waals surface area (Å²) < 4.78 is 10.1. The van der Waals surface area contributed by atoms with Crippen molar-refractivity contribution in [3.8, 4) is 6.07 Å². The lowest BCUT2D eigenvalue weighted by Crippen LogP contribution is -2.36. The van der Waals surface area contributed by atoms with Gasteiger partial charge in [0.2, 0.25) is 5.91 Å². The van der Waals surface area contributed by atoms with E-state index in [1.807, 2.05) is 12.1 Å². The highest BCUT2D eigenvalue weighted by atomic mass is 16.5. The Labute approximate surface area is 126 Å². The number of hydrogen-bond donors (Lipinski definition) is 0. The zero-order chi connectivity index (χ0) is 15.5. The minimum absolute atomic E-state index is 0.0628. The van der Waals surface area contributed by atoms with Crippen LogP contribution < -0.4 is 0 Å². The Hall–Kier alpha value is -1.90. The van der Waals surface area contributed by atoms with Crippen molar-refractivity contribution >= 4 is 5.91 Å². The highest BCUT2D eigenvalue weighted by Gasteiger charge is 2.13. The summed E-state index contributed by atoms with van der Waals surface area (Å²) in [5, 5.41) is 8.77. The molecule has 0 aliphatic heterocycles. The molecule has 5 nitrogen and oxygen atoms in total. The minimum atomic E-state index is 0.0628. The SMILES string of the molecule is COCCCN(CCOC)C(=O)Cc1ccc(C#N)cc1. The number of nitriles is 1. The summed E-state index contributed by atoms with van der Waals surface area (Å²) in [6.45, 7) is 2.39. The molecule has 0 heterocycles. The highest BCUT2D eigenvalue weighted by Crippen LogP contribution is 2.07. The van der Waals surface area contributed by atoms with Crippen molar-refractivity contribution in [1.29, 1.82) is 5.26 Å². The van der Waals surface area contributed by atoms with Gasteiger partial charge in [0.25, 0.3) is 0 Å². The lowest BCUT2D eigenvalue weighted by Gasteiger charge is -2.22. The van der Waals surface area contributed by atoms with Crippen LogP contribution in [0, 0.1) is 11.3 Å². The molecule has 5 heteroatoms. The number of methoxy groups -OCH3 is 2. The predicted molar refractivity (Wildman–Crippen MR) is 79.8 cm³/mol. The molecule has 0 saturated heterocycles. The molecule has 1 rings (SSSR count). The van der Waals surface area contributed by atoms with E-state index in [4.69, 9.17) is 14.7 Å². The van der Waals surface area contributed by atoms with Crippen LogP contribution in [0.1, 0.15) is 17.5 Å². The molecule has 0 aliphatic rings. The maximum Gasteiger partial charge on any atom is 0.227 e. The summed E-state index contributed by atoms with van der Waals surface area (Å²) in [5.74, 6) is 0.0628. The molecule has 0 N–H and O–H groups in total.